The zero-order chi connectivity index (χ0) is 13.0. The SMILES string of the molecule is Nc1ccc2c(c1)-c1n[nH]c(=O)c3cccc(c13)O2. The second-order valence-electron chi connectivity index (χ2n) is 4.44. The van der Waals surface area contributed by atoms with Crippen molar-refractivity contribution in [3.63, 3.8) is 0 Å². The van der Waals surface area contributed by atoms with E-state index in [1.165, 1.54) is 0 Å². The standard InChI is InChI=1S/C14H9N3O2/c15-7-4-5-10-9(6-7)13-12-8(14(18)17-16-13)2-1-3-11(12)19-10/h1-6H,15H2,(H,17,18). The lowest BCUT2D eigenvalue weighted by Crippen LogP contribution is -2.12. The number of H-pyrrole nitrogens is 1. The Bertz CT molecular complexity index is 883. The molecule has 4 rings (SSSR count). The molecule has 0 spiro atoms. The van der Waals surface area contributed by atoms with Gasteiger partial charge in [-0.05, 0) is 30.3 Å². The van der Waals surface area contributed by atoms with Gasteiger partial charge in [-0.25, -0.2) is 5.10 Å². The van der Waals surface area contributed by atoms with Crippen molar-refractivity contribution >= 4 is 16.5 Å². The number of nitrogen functional groups attached to an aromatic ring is 1. The summed E-state index contributed by atoms with van der Waals surface area (Å²) in [5, 5.41) is 7.95. The summed E-state index contributed by atoms with van der Waals surface area (Å²) in [6.07, 6.45) is 0. The molecule has 0 unspecified atom stereocenters. The van der Waals surface area contributed by atoms with Gasteiger partial charge in [-0.3, -0.25) is 4.79 Å². The van der Waals surface area contributed by atoms with E-state index < -0.39 is 0 Å². The highest BCUT2D eigenvalue weighted by Gasteiger charge is 2.22. The molecule has 1 aromatic heterocycles. The maximum absolute atomic E-state index is 11.8. The summed E-state index contributed by atoms with van der Waals surface area (Å²) < 4.78 is 5.81. The van der Waals surface area contributed by atoms with Crippen LogP contribution in [0.4, 0.5) is 5.69 Å². The Morgan fingerprint density at radius 3 is 2.95 bits per heavy atom. The summed E-state index contributed by atoms with van der Waals surface area (Å²) >= 11 is 0. The molecule has 1 aliphatic heterocycles. The van der Waals surface area contributed by atoms with Crippen LogP contribution in [0.3, 0.4) is 0 Å². The molecule has 0 atom stereocenters. The van der Waals surface area contributed by atoms with E-state index in [-0.39, 0.29) is 5.56 Å². The first-order chi connectivity index (χ1) is 9.24. The van der Waals surface area contributed by atoms with E-state index in [0.717, 1.165) is 10.9 Å². The van der Waals surface area contributed by atoms with Gasteiger partial charge in [-0.2, -0.15) is 5.10 Å². The maximum atomic E-state index is 11.8. The van der Waals surface area contributed by atoms with Crippen molar-refractivity contribution in [3.8, 4) is 22.8 Å². The van der Waals surface area contributed by atoms with Crippen molar-refractivity contribution in [1.82, 2.24) is 10.2 Å². The van der Waals surface area contributed by atoms with E-state index in [0.29, 0.717) is 28.3 Å². The minimum Gasteiger partial charge on any atom is -0.456 e. The van der Waals surface area contributed by atoms with Gasteiger partial charge < -0.3 is 10.5 Å². The Hall–Kier alpha value is -2.82. The zero-order valence-electron chi connectivity index (χ0n) is 9.81. The first-order valence-electron chi connectivity index (χ1n) is 5.83. The highest BCUT2D eigenvalue weighted by molar-refractivity contribution is 6.01. The smallest absolute Gasteiger partial charge is 0.272 e. The van der Waals surface area contributed by atoms with Gasteiger partial charge in [0.1, 0.15) is 17.2 Å². The summed E-state index contributed by atoms with van der Waals surface area (Å²) in [4.78, 5) is 11.8. The lowest BCUT2D eigenvalue weighted by molar-refractivity contribution is 0.486. The van der Waals surface area contributed by atoms with Gasteiger partial charge in [0, 0.05) is 11.3 Å². The molecule has 19 heavy (non-hydrogen) atoms. The summed E-state index contributed by atoms with van der Waals surface area (Å²) in [7, 11) is 0. The van der Waals surface area contributed by atoms with E-state index in [1.807, 2.05) is 6.07 Å². The molecule has 5 nitrogen and oxygen atoms in total. The number of nitrogens with one attached hydrogen (secondary N) is 1. The molecule has 1 aliphatic rings. The molecule has 0 saturated carbocycles. The molecule has 3 N–H and O–H groups in total. The van der Waals surface area contributed by atoms with Crippen LogP contribution in [0.5, 0.6) is 11.5 Å². The minimum absolute atomic E-state index is 0.225. The minimum atomic E-state index is -0.225. The fourth-order valence-corrected chi connectivity index (χ4v) is 2.41. The van der Waals surface area contributed by atoms with E-state index in [9.17, 15) is 4.79 Å². The van der Waals surface area contributed by atoms with Gasteiger partial charge in [0.15, 0.2) is 0 Å². The Morgan fingerprint density at radius 1 is 1.16 bits per heavy atom. The summed E-state index contributed by atoms with van der Waals surface area (Å²) in [6, 6.07) is 10.7. The summed E-state index contributed by atoms with van der Waals surface area (Å²) in [5.74, 6) is 1.33. The number of aromatic nitrogens is 2. The molecule has 0 fully saturated rings. The van der Waals surface area contributed by atoms with Gasteiger partial charge in [-0.15, -0.1) is 0 Å². The van der Waals surface area contributed by atoms with E-state index in [2.05, 4.69) is 10.2 Å². The van der Waals surface area contributed by atoms with Crippen LogP contribution in [-0.2, 0) is 0 Å². The van der Waals surface area contributed by atoms with E-state index in [4.69, 9.17) is 10.5 Å². The molecule has 0 radical (unpaired) electrons. The molecule has 0 aliphatic carbocycles. The number of ether oxygens (including phenoxy) is 1. The number of anilines is 1. The van der Waals surface area contributed by atoms with Crippen molar-refractivity contribution in [3.05, 3.63) is 46.8 Å². The predicted octanol–water partition coefficient (Wildman–Crippen LogP) is 2.28. The topological polar surface area (TPSA) is 81.0 Å². The second-order valence-corrected chi connectivity index (χ2v) is 4.44. The van der Waals surface area contributed by atoms with Crippen LogP contribution in [0.25, 0.3) is 22.0 Å². The largest absolute Gasteiger partial charge is 0.456 e. The third-order valence-corrected chi connectivity index (χ3v) is 3.26. The van der Waals surface area contributed by atoms with Crippen molar-refractivity contribution in [1.29, 1.82) is 0 Å². The number of hydrogen-bond donors (Lipinski definition) is 2. The number of rotatable bonds is 0. The van der Waals surface area contributed by atoms with Crippen LogP contribution in [0.15, 0.2) is 41.2 Å². The molecular weight excluding hydrogens is 242 g/mol. The molecule has 0 amide bonds. The van der Waals surface area contributed by atoms with Crippen molar-refractivity contribution in [2.75, 3.05) is 5.73 Å². The fourth-order valence-electron chi connectivity index (χ4n) is 2.41. The molecule has 0 saturated heterocycles. The molecule has 2 aromatic carbocycles. The van der Waals surface area contributed by atoms with Crippen LogP contribution in [0, 0.1) is 0 Å². The fraction of sp³-hybridized carbons (Fsp3) is 0. The van der Waals surface area contributed by atoms with E-state index in [1.54, 1.807) is 30.3 Å². The lowest BCUT2D eigenvalue weighted by Gasteiger charge is -2.19. The highest BCUT2D eigenvalue weighted by Crippen LogP contribution is 2.44. The molecular formula is C14H9N3O2. The Morgan fingerprint density at radius 2 is 2.05 bits per heavy atom. The normalized spacial score (nSPS) is 12.0. The number of benzene rings is 2. The van der Waals surface area contributed by atoms with Crippen molar-refractivity contribution < 1.29 is 4.74 Å². The summed E-state index contributed by atoms with van der Waals surface area (Å²) in [6.45, 7) is 0. The Balaban J connectivity index is 2.22. The summed E-state index contributed by atoms with van der Waals surface area (Å²) in [5.41, 5.74) is 7.69. The van der Waals surface area contributed by atoms with Crippen molar-refractivity contribution in [2.24, 2.45) is 0 Å². The van der Waals surface area contributed by atoms with E-state index >= 15 is 0 Å². The predicted molar refractivity (Wildman–Crippen MR) is 72.3 cm³/mol. The number of hydrogen-bond acceptors (Lipinski definition) is 4. The first-order valence-corrected chi connectivity index (χ1v) is 5.83. The molecule has 92 valence electrons. The quantitative estimate of drug-likeness (QED) is 0.470. The Labute approximate surface area is 107 Å². The molecule has 2 heterocycles. The monoisotopic (exact) mass is 251 g/mol. The third kappa shape index (κ3) is 1.29. The van der Waals surface area contributed by atoms with Crippen molar-refractivity contribution in [2.45, 2.75) is 0 Å². The number of nitrogens with two attached hydrogens (primary N) is 1. The van der Waals surface area contributed by atoms with Crippen LogP contribution in [0.1, 0.15) is 0 Å². The lowest BCUT2D eigenvalue weighted by atomic mass is 10.0. The van der Waals surface area contributed by atoms with Gasteiger partial charge in [0.25, 0.3) is 5.56 Å². The van der Waals surface area contributed by atoms with Gasteiger partial charge in [0.2, 0.25) is 0 Å². The van der Waals surface area contributed by atoms with Crippen LogP contribution in [0.2, 0.25) is 0 Å². The molecule has 3 aromatic rings. The van der Waals surface area contributed by atoms with Crippen LogP contribution >= 0.6 is 0 Å². The molecule has 5 heteroatoms. The number of fused-ring (bicyclic) bond motifs is 2. The van der Waals surface area contributed by atoms with Crippen LogP contribution in [-0.4, -0.2) is 10.2 Å². The average Bonchev–Trinajstić information content (AvgIpc) is 2.42. The maximum Gasteiger partial charge on any atom is 0.272 e. The average molecular weight is 251 g/mol. The van der Waals surface area contributed by atoms with Gasteiger partial charge in [0.05, 0.1) is 10.8 Å². The van der Waals surface area contributed by atoms with Gasteiger partial charge >= 0.3 is 0 Å². The van der Waals surface area contributed by atoms with Gasteiger partial charge in [-0.1, -0.05) is 6.07 Å². The van der Waals surface area contributed by atoms with Crippen LogP contribution < -0.4 is 16.0 Å². The number of aromatic amines is 1. The first kappa shape index (κ1) is 10.1. The third-order valence-electron chi connectivity index (χ3n) is 3.26. The zero-order valence-corrected chi connectivity index (χ0v) is 9.81. The second kappa shape index (κ2) is 3.35. The highest BCUT2D eigenvalue weighted by atomic mass is 16.5. The number of nitrogens with zero attached hydrogens (tertiary/aromatic N) is 1. The Kier molecular flexibility index (Phi) is 1.79. The molecule has 0 bridgehead atoms.